The number of likely N-dealkylation sites (tertiary alicyclic amines) is 2. The van der Waals surface area contributed by atoms with Crippen LogP contribution in [0.3, 0.4) is 0 Å². The quantitative estimate of drug-likeness (QED) is 0.702. The number of carbonyl (C=O) groups is 1. The van der Waals surface area contributed by atoms with Crippen molar-refractivity contribution in [1.82, 2.24) is 9.80 Å². The number of nitrogens with zero attached hydrogens (tertiary/aromatic N) is 2. The molecule has 2 aromatic rings. The number of hydrogen-bond acceptors (Lipinski definition) is 2. The van der Waals surface area contributed by atoms with Crippen molar-refractivity contribution < 1.29 is 4.79 Å². The summed E-state index contributed by atoms with van der Waals surface area (Å²) in [5.41, 5.74) is 4.68. The molecule has 2 aliphatic heterocycles. The van der Waals surface area contributed by atoms with Gasteiger partial charge in [-0.3, -0.25) is 4.79 Å². The first-order chi connectivity index (χ1) is 13.9. The van der Waals surface area contributed by atoms with Crippen LogP contribution in [-0.4, -0.2) is 47.9 Å². The summed E-state index contributed by atoms with van der Waals surface area (Å²) < 4.78 is 0. The molecule has 0 unspecified atom stereocenters. The zero-order chi connectivity index (χ0) is 20.4. The van der Waals surface area contributed by atoms with Crippen molar-refractivity contribution >= 4 is 5.91 Å². The minimum absolute atomic E-state index is 0.163. The first-order valence-electron chi connectivity index (χ1n) is 11.2. The van der Waals surface area contributed by atoms with Crippen molar-refractivity contribution in [3.63, 3.8) is 0 Å². The predicted octanol–water partition coefficient (Wildman–Crippen LogP) is 5.35. The van der Waals surface area contributed by atoms with Crippen molar-refractivity contribution in [1.29, 1.82) is 0 Å². The van der Waals surface area contributed by atoms with E-state index in [2.05, 4.69) is 67.0 Å². The van der Waals surface area contributed by atoms with Gasteiger partial charge in [-0.05, 0) is 73.0 Å². The molecule has 2 aromatic carbocycles. The Hall–Kier alpha value is -2.13. The standard InChI is InChI=1S/C26H34N2O/c1-26(2,3)23-14-12-21(13-15-23)20-8-10-22(11-9-20)25(29)28-18-6-7-24(28)19-27-16-4-5-17-27/h8-15,24H,4-7,16-19H2,1-3H3/t24-/m0/s1. The fourth-order valence-electron chi connectivity index (χ4n) is 4.69. The molecule has 29 heavy (non-hydrogen) atoms. The Morgan fingerprint density at radius 2 is 1.45 bits per heavy atom. The summed E-state index contributed by atoms with van der Waals surface area (Å²) >= 11 is 0. The van der Waals surface area contributed by atoms with Gasteiger partial charge in [0.25, 0.3) is 5.91 Å². The number of benzene rings is 2. The van der Waals surface area contributed by atoms with Crippen LogP contribution in [0.2, 0.25) is 0 Å². The van der Waals surface area contributed by atoms with Gasteiger partial charge < -0.3 is 9.80 Å². The number of carbonyl (C=O) groups excluding carboxylic acids is 1. The lowest BCUT2D eigenvalue weighted by Gasteiger charge is -2.28. The first kappa shape index (κ1) is 20.2. The largest absolute Gasteiger partial charge is 0.334 e. The third-order valence-electron chi connectivity index (χ3n) is 6.52. The molecule has 3 nitrogen and oxygen atoms in total. The molecule has 2 saturated heterocycles. The highest BCUT2D eigenvalue weighted by atomic mass is 16.2. The zero-order valence-corrected chi connectivity index (χ0v) is 18.2. The van der Waals surface area contributed by atoms with E-state index in [1.807, 2.05) is 12.1 Å². The Bertz CT molecular complexity index is 827. The predicted molar refractivity (Wildman–Crippen MR) is 120 cm³/mol. The molecule has 0 radical (unpaired) electrons. The Labute approximate surface area is 175 Å². The summed E-state index contributed by atoms with van der Waals surface area (Å²) in [6, 6.07) is 17.3. The maximum atomic E-state index is 13.1. The molecule has 4 rings (SSSR count). The SMILES string of the molecule is CC(C)(C)c1ccc(-c2ccc(C(=O)N3CCC[C@H]3CN3CCCC3)cc2)cc1. The normalized spacial score (nSPS) is 20.4. The van der Waals surface area contributed by atoms with Crippen LogP contribution < -0.4 is 0 Å². The molecule has 2 heterocycles. The lowest BCUT2D eigenvalue weighted by atomic mass is 9.86. The van der Waals surface area contributed by atoms with Crippen LogP contribution in [0.1, 0.15) is 62.4 Å². The average Bonchev–Trinajstić information content (AvgIpc) is 3.39. The van der Waals surface area contributed by atoms with E-state index in [9.17, 15) is 4.79 Å². The fourth-order valence-corrected chi connectivity index (χ4v) is 4.69. The van der Waals surface area contributed by atoms with Gasteiger partial charge >= 0.3 is 0 Å². The summed E-state index contributed by atoms with van der Waals surface area (Å²) in [5, 5.41) is 0. The topological polar surface area (TPSA) is 23.6 Å². The van der Waals surface area contributed by atoms with Crippen LogP contribution in [0.5, 0.6) is 0 Å². The van der Waals surface area contributed by atoms with E-state index in [0.717, 1.165) is 37.1 Å². The second kappa shape index (κ2) is 8.31. The molecule has 1 atom stereocenters. The molecule has 0 saturated carbocycles. The maximum Gasteiger partial charge on any atom is 0.254 e. The van der Waals surface area contributed by atoms with Gasteiger partial charge in [-0.1, -0.05) is 57.2 Å². The van der Waals surface area contributed by atoms with E-state index in [1.165, 1.54) is 37.1 Å². The van der Waals surface area contributed by atoms with Gasteiger partial charge in [-0.15, -0.1) is 0 Å². The van der Waals surface area contributed by atoms with Gasteiger partial charge in [-0.2, -0.15) is 0 Å². The van der Waals surface area contributed by atoms with Crippen molar-refractivity contribution in [2.24, 2.45) is 0 Å². The molecule has 2 fully saturated rings. The minimum Gasteiger partial charge on any atom is -0.334 e. The van der Waals surface area contributed by atoms with Crippen LogP contribution in [0, 0.1) is 0 Å². The van der Waals surface area contributed by atoms with Gasteiger partial charge in [0.05, 0.1) is 0 Å². The smallest absolute Gasteiger partial charge is 0.254 e. The molecule has 0 N–H and O–H groups in total. The molecular formula is C26H34N2O. The van der Waals surface area contributed by atoms with E-state index < -0.39 is 0 Å². The van der Waals surface area contributed by atoms with Gasteiger partial charge in [0.2, 0.25) is 0 Å². The van der Waals surface area contributed by atoms with Crippen LogP contribution in [0.4, 0.5) is 0 Å². The second-order valence-electron chi connectivity index (χ2n) is 9.71. The zero-order valence-electron chi connectivity index (χ0n) is 18.2. The number of amides is 1. The van der Waals surface area contributed by atoms with E-state index in [1.54, 1.807) is 0 Å². The van der Waals surface area contributed by atoms with Gasteiger partial charge in [0.15, 0.2) is 0 Å². The van der Waals surface area contributed by atoms with Crippen molar-refractivity contribution in [2.75, 3.05) is 26.2 Å². The van der Waals surface area contributed by atoms with Gasteiger partial charge in [0.1, 0.15) is 0 Å². The molecule has 1 amide bonds. The van der Waals surface area contributed by atoms with Gasteiger partial charge in [0, 0.05) is 24.7 Å². The molecular weight excluding hydrogens is 356 g/mol. The van der Waals surface area contributed by atoms with E-state index in [-0.39, 0.29) is 11.3 Å². The highest BCUT2D eigenvalue weighted by Gasteiger charge is 2.31. The molecule has 0 spiro atoms. The van der Waals surface area contributed by atoms with Crippen LogP contribution in [0.25, 0.3) is 11.1 Å². The molecule has 154 valence electrons. The fraction of sp³-hybridized carbons (Fsp3) is 0.500. The molecule has 0 aromatic heterocycles. The van der Waals surface area contributed by atoms with Crippen molar-refractivity contribution in [3.05, 3.63) is 59.7 Å². The first-order valence-corrected chi connectivity index (χ1v) is 11.2. The lowest BCUT2D eigenvalue weighted by molar-refractivity contribution is 0.0709. The molecule has 0 aliphatic carbocycles. The summed E-state index contributed by atoms with van der Waals surface area (Å²) in [5.74, 6) is 0.196. The maximum absolute atomic E-state index is 13.1. The summed E-state index contributed by atoms with van der Waals surface area (Å²) in [4.78, 5) is 17.8. The monoisotopic (exact) mass is 390 g/mol. The molecule has 0 bridgehead atoms. The number of rotatable bonds is 4. The third kappa shape index (κ3) is 4.56. The van der Waals surface area contributed by atoms with Crippen LogP contribution in [0.15, 0.2) is 48.5 Å². The highest BCUT2D eigenvalue weighted by molar-refractivity contribution is 5.95. The Kier molecular flexibility index (Phi) is 5.78. The summed E-state index contributed by atoms with van der Waals surface area (Å²) in [7, 11) is 0. The van der Waals surface area contributed by atoms with Crippen LogP contribution >= 0.6 is 0 Å². The minimum atomic E-state index is 0.163. The second-order valence-corrected chi connectivity index (χ2v) is 9.71. The summed E-state index contributed by atoms with van der Waals surface area (Å²) in [6.45, 7) is 11.0. The number of hydrogen-bond donors (Lipinski definition) is 0. The van der Waals surface area contributed by atoms with Crippen molar-refractivity contribution in [3.8, 4) is 11.1 Å². The molecule has 2 aliphatic rings. The van der Waals surface area contributed by atoms with E-state index in [4.69, 9.17) is 0 Å². The molecule has 3 heteroatoms. The van der Waals surface area contributed by atoms with Crippen molar-refractivity contribution in [2.45, 2.75) is 57.9 Å². The lowest BCUT2D eigenvalue weighted by Crippen LogP contribution is -2.42. The Balaban J connectivity index is 1.45. The third-order valence-corrected chi connectivity index (χ3v) is 6.52. The highest BCUT2D eigenvalue weighted by Crippen LogP contribution is 2.27. The Morgan fingerprint density at radius 1 is 0.862 bits per heavy atom. The summed E-state index contributed by atoms with van der Waals surface area (Å²) in [6.07, 6.45) is 4.88. The average molecular weight is 391 g/mol. The van der Waals surface area contributed by atoms with E-state index >= 15 is 0 Å². The Morgan fingerprint density at radius 3 is 2.03 bits per heavy atom. The van der Waals surface area contributed by atoms with Crippen LogP contribution in [-0.2, 0) is 5.41 Å². The van der Waals surface area contributed by atoms with Gasteiger partial charge in [-0.25, -0.2) is 0 Å². The van der Waals surface area contributed by atoms with E-state index in [0.29, 0.717) is 6.04 Å².